The SMILES string of the molecule is O=C1CC(CNc2nnc(C(F)(F)F)s2)CN1CCc1ccccc1. The number of carbonyl (C=O) groups is 1. The lowest BCUT2D eigenvalue weighted by atomic mass is 10.1. The number of rotatable bonds is 6. The third-order valence-corrected chi connectivity index (χ3v) is 4.94. The lowest BCUT2D eigenvalue weighted by Crippen LogP contribution is -2.28. The molecule has 1 aromatic carbocycles. The molecule has 0 bridgehead atoms. The number of likely N-dealkylation sites (tertiary alicyclic amines) is 1. The van der Waals surface area contributed by atoms with Crippen LogP contribution in [0.25, 0.3) is 0 Å². The molecule has 1 aromatic heterocycles. The predicted molar refractivity (Wildman–Crippen MR) is 88.2 cm³/mol. The minimum Gasteiger partial charge on any atom is -0.360 e. The molecule has 2 aromatic rings. The van der Waals surface area contributed by atoms with Gasteiger partial charge in [-0.2, -0.15) is 13.2 Å². The third kappa shape index (κ3) is 4.68. The molecule has 1 fully saturated rings. The average Bonchev–Trinajstić information content (AvgIpc) is 3.18. The Balaban J connectivity index is 1.47. The Labute approximate surface area is 146 Å². The van der Waals surface area contributed by atoms with Gasteiger partial charge in [-0.25, -0.2) is 0 Å². The van der Waals surface area contributed by atoms with Crippen LogP contribution >= 0.6 is 11.3 Å². The van der Waals surface area contributed by atoms with E-state index in [4.69, 9.17) is 0 Å². The van der Waals surface area contributed by atoms with E-state index >= 15 is 0 Å². The Bertz CT molecular complexity index is 720. The number of carbonyl (C=O) groups excluding carboxylic acids is 1. The predicted octanol–water partition coefficient (Wildman–Crippen LogP) is 3.06. The maximum atomic E-state index is 12.5. The zero-order chi connectivity index (χ0) is 17.9. The average molecular weight is 370 g/mol. The van der Waals surface area contributed by atoms with Crippen LogP contribution in [0.5, 0.6) is 0 Å². The fraction of sp³-hybridized carbons (Fsp3) is 0.438. The van der Waals surface area contributed by atoms with Crippen molar-refractivity contribution in [1.29, 1.82) is 0 Å². The fourth-order valence-electron chi connectivity index (χ4n) is 2.76. The van der Waals surface area contributed by atoms with Crippen LogP contribution in [0, 0.1) is 5.92 Å². The first-order chi connectivity index (χ1) is 11.9. The van der Waals surface area contributed by atoms with E-state index in [0.29, 0.717) is 37.4 Å². The van der Waals surface area contributed by atoms with Crippen molar-refractivity contribution < 1.29 is 18.0 Å². The Morgan fingerprint density at radius 3 is 2.68 bits per heavy atom. The molecule has 3 rings (SSSR count). The van der Waals surface area contributed by atoms with E-state index in [9.17, 15) is 18.0 Å². The van der Waals surface area contributed by atoms with Crippen LogP contribution in [0.1, 0.15) is 17.0 Å². The van der Waals surface area contributed by atoms with Gasteiger partial charge in [-0.1, -0.05) is 41.7 Å². The van der Waals surface area contributed by atoms with Crippen LogP contribution in [0.4, 0.5) is 18.3 Å². The molecule has 0 saturated carbocycles. The molecule has 1 unspecified atom stereocenters. The minimum absolute atomic E-state index is 0.0570. The number of amides is 1. The molecular formula is C16H17F3N4OS. The van der Waals surface area contributed by atoms with Crippen molar-refractivity contribution >= 4 is 22.4 Å². The zero-order valence-corrected chi connectivity index (χ0v) is 14.1. The van der Waals surface area contributed by atoms with E-state index in [0.717, 1.165) is 6.42 Å². The molecule has 1 atom stereocenters. The van der Waals surface area contributed by atoms with Crippen LogP contribution in [0.2, 0.25) is 0 Å². The number of aromatic nitrogens is 2. The van der Waals surface area contributed by atoms with Crippen LogP contribution in [0.15, 0.2) is 30.3 Å². The van der Waals surface area contributed by atoms with Crippen molar-refractivity contribution in [2.45, 2.75) is 19.0 Å². The van der Waals surface area contributed by atoms with Crippen LogP contribution in [0.3, 0.4) is 0 Å². The normalized spacial score (nSPS) is 18.0. The molecular weight excluding hydrogens is 353 g/mol. The van der Waals surface area contributed by atoms with Gasteiger partial charge < -0.3 is 10.2 Å². The second-order valence-corrected chi connectivity index (χ2v) is 6.91. The summed E-state index contributed by atoms with van der Waals surface area (Å²) in [4.78, 5) is 13.9. The van der Waals surface area contributed by atoms with Crippen molar-refractivity contribution in [3.8, 4) is 0 Å². The Kier molecular flexibility index (Phi) is 5.22. The van der Waals surface area contributed by atoms with Crippen LogP contribution in [-0.2, 0) is 17.4 Å². The molecule has 1 amide bonds. The van der Waals surface area contributed by atoms with Crippen molar-refractivity contribution in [3.63, 3.8) is 0 Å². The van der Waals surface area contributed by atoms with Gasteiger partial charge >= 0.3 is 6.18 Å². The molecule has 1 aliphatic heterocycles. The zero-order valence-electron chi connectivity index (χ0n) is 13.3. The number of alkyl halides is 3. The maximum absolute atomic E-state index is 12.5. The largest absolute Gasteiger partial charge is 0.445 e. The minimum atomic E-state index is -4.48. The molecule has 5 nitrogen and oxygen atoms in total. The highest BCUT2D eigenvalue weighted by atomic mass is 32.1. The molecule has 2 heterocycles. The second kappa shape index (κ2) is 7.38. The highest BCUT2D eigenvalue weighted by Gasteiger charge is 2.36. The van der Waals surface area contributed by atoms with Crippen LogP contribution in [-0.4, -0.2) is 40.6 Å². The van der Waals surface area contributed by atoms with Crippen LogP contribution < -0.4 is 5.32 Å². The smallest absolute Gasteiger partial charge is 0.360 e. The highest BCUT2D eigenvalue weighted by Crippen LogP contribution is 2.33. The van der Waals surface area contributed by atoms with Gasteiger partial charge in [0.25, 0.3) is 0 Å². The maximum Gasteiger partial charge on any atom is 0.445 e. The number of halogens is 3. The van der Waals surface area contributed by atoms with Gasteiger partial charge in [0.15, 0.2) is 0 Å². The standard InChI is InChI=1S/C16H17F3N4OS/c17-16(18,19)14-21-22-15(25-14)20-9-12-8-13(24)23(10-12)7-6-11-4-2-1-3-5-11/h1-5,12H,6-10H2,(H,20,22). The summed E-state index contributed by atoms with van der Waals surface area (Å²) >= 11 is 0.475. The molecule has 9 heteroatoms. The molecule has 25 heavy (non-hydrogen) atoms. The van der Waals surface area contributed by atoms with E-state index in [1.165, 1.54) is 5.56 Å². The number of hydrogen-bond acceptors (Lipinski definition) is 5. The van der Waals surface area contributed by atoms with Crippen molar-refractivity contribution in [3.05, 3.63) is 40.9 Å². The van der Waals surface area contributed by atoms with Gasteiger partial charge in [0.1, 0.15) is 0 Å². The lowest BCUT2D eigenvalue weighted by Gasteiger charge is -2.16. The first kappa shape index (κ1) is 17.7. The first-order valence-electron chi connectivity index (χ1n) is 7.88. The van der Waals surface area contributed by atoms with Gasteiger partial charge in [0.2, 0.25) is 16.0 Å². The van der Waals surface area contributed by atoms with Gasteiger partial charge in [0, 0.05) is 32.0 Å². The Morgan fingerprint density at radius 2 is 2.00 bits per heavy atom. The summed E-state index contributed by atoms with van der Waals surface area (Å²) in [5, 5.41) is 8.64. The quantitative estimate of drug-likeness (QED) is 0.849. The lowest BCUT2D eigenvalue weighted by molar-refractivity contribution is -0.138. The molecule has 134 valence electrons. The van der Waals surface area contributed by atoms with Crippen molar-refractivity contribution in [2.24, 2.45) is 5.92 Å². The van der Waals surface area contributed by atoms with E-state index < -0.39 is 11.2 Å². The highest BCUT2D eigenvalue weighted by molar-refractivity contribution is 7.15. The number of nitrogens with one attached hydrogen (secondary N) is 1. The molecule has 0 spiro atoms. The number of benzene rings is 1. The Hall–Kier alpha value is -2.16. The second-order valence-electron chi connectivity index (χ2n) is 5.94. The molecule has 0 radical (unpaired) electrons. The summed E-state index contributed by atoms with van der Waals surface area (Å²) in [5.41, 5.74) is 1.17. The summed E-state index contributed by atoms with van der Waals surface area (Å²) in [6, 6.07) is 9.92. The van der Waals surface area contributed by atoms with Crippen molar-refractivity contribution in [2.75, 3.05) is 25.0 Å². The Morgan fingerprint density at radius 1 is 1.24 bits per heavy atom. The topological polar surface area (TPSA) is 58.1 Å². The number of hydrogen-bond donors (Lipinski definition) is 1. The summed E-state index contributed by atoms with van der Waals surface area (Å²) in [7, 11) is 0. The van der Waals surface area contributed by atoms with Gasteiger partial charge in [-0.15, -0.1) is 10.2 Å². The summed E-state index contributed by atoms with van der Waals surface area (Å²) < 4.78 is 37.5. The third-order valence-electron chi connectivity index (χ3n) is 4.02. The van der Waals surface area contributed by atoms with E-state index in [2.05, 4.69) is 15.5 Å². The summed E-state index contributed by atoms with van der Waals surface area (Å²) in [6.45, 7) is 1.65. The number of anilines is 1. The summed E-state index contributed by atoms with van der Waals surface area (Å²) in [6.07, 6.45) is -3.29. The molecule has 1 saturated heterocycles. The van der Waals surface area contributed by atoms with Gasteiger partial charge in [-0.3, -0.25) is 4.79 Å². The van der Waals surface area contributed by atoms with Gasteiger partial charge in [-0.05, 0) is 12.0 Å². The molecule has 0 aliphatic carbocycles. The first-order valence-corrected chi connectivity index (χ1v) is 8.70. The van der Waals surface area contributed by atoms with E-state index in [-0.39, 0.29) is 17.0 Å². The molecule has 1 aliphatic rings. The van der Waals surface area contributed by atoms with E-state index in [1.807, 2.05) is 30.3 Å². The van der Waals surface area contributed by atoms with Gasteiger partial charge in [0.05, 0.1) is 0 Å². The summed E-state index contributed by atoms with van der Waals surface area (Å²) in [5.74, 6) is 0.137. The molecule has 1 N–H and O–H groups in total. The number of nitrogens with zero attached hydrogens (tertiary/aromatic N) is 3. The monoisotopic (exact) mass is 370 g/mol. The van der Waals surface area contributed by atoms with Crippen molar-refractivity contribution in [1.82, 2.24) is 15.1 Å². The van der Waals surface area contributed by atoms with E-state index in [1.54, 1.807) is 4.90 Å². The fourth-order valence-corrected chi connectivity index (χ4v) is 3.37.